The van der Waals surface area contributed by atoms with Crippen molar-refractivity contribution in [2.45, 2.75) is 6.18 Å². The van der Waals surface area contributed by atoms with Crippen LogP contribution >= 0.6 is 0 Å². The molecule has 0 radical (unpaired) electrons. The van der Waals surface area contributed by atoms with Crippen molar-refractivity contribution in [1.82, 2.24) is 24.8 Å². The van der Waals surface area contributed by atoms with Crippen LogP contribution < -0.4 is 4.74 Å². The number of ether oxygens (including phenoxy) is 1. The van der Waals surface area contributed by atoms with Gasteiger partial charge in [-0.3, -0.25) is 4.40 Å². The Morgan fingerprint density at radius 1 is 0.846 bits per heavy atom. The highest BCUT2D eigenvalue weighted by molar-refractivity contribution is 5.65. The Kier molecular flexibility index (Phi) is 3.76. The van der Waals surface area contributed by atoms with Gasteiger partial charge in [0.05, 0.1) is 0 Å². The molecule has 0 aliphatic rings. The first-order valence-electron chi connectivity index (χ1n) is 7.49. The number of nitrogens with zero attached hydrogens (tertiary/aromatic N) is 5. The molecule has 26 heavy (non-hydrogen) atoms. The highest BCUT2D eigenvalue weighted by atomic mass is 19.4. The summed E-state index contributed by atoms with van der Waals surface area (Å²) in [7, 11) is 0. The number of halogens is 3. The molecular formula is C17H10F3N5O. The molecule has 9 heteroatoms. The number of benzene rings is 1. The van der Waals surface area contributed by atoms with Gasteiger partial charge in [0.15, 0.2) is 5.65 Å². The fourth-order valence-electron chi connectivity index (χ4n) is 2.43. The smallest absolute Gasteiger partial charge is 0.438 e. The standard InChI is InChI=1S/C17H10F3N5O/c18-17(19,20)16-24-22-14-8-5-12(10-25(14)16)11-3-6-13(7-4-11)26-15-2-1-9-21-23-15/h1-10H. The van der Waals surface area contributed by atoms with E-state index in [1.165, 1.54) is 18.5 Å². The van der Waals surface area contributed by atoms with E-state index in [9.17, 15) is 13.2 Å². The second-order valence-electron chi connectivity index (χ2n) is 5.36. The average Bonchev–Trinajstić information content (AvgIpc) is 3.07. The molecule has 0 amide bonds. The van der Waals surface area contributed by atoms with Crippen molar-refractivity contribution >= 4 is 5.65 Å². The van der Waals surface area contributed by atoms with Gasteiger partial charge in [-0.05, 0) is 41.5 Å². The van der Waals surface area contributed by atoms with Gasteiger partial charge in [-0.2, -0.15) is 18.3 Å². The molecule has 4 rings (SSSR count). The van der Waals surface area contributed by atoms with E-state index in [-0.39, 0.29) is 5.65 Å². The lowest BCUT2D eigenvalue weighted by molar-refractivity contribution is -0.145. The lowest BCUT2D eigenvalue weighted by Crippen LogP contribution is -2.10. The minimum absolute atomic E-state index is 0.128. The summed E-state index contributed by atoms with van der Waals surface area (Å²) in [6, 6.07) is 13.4. The molecule has 0 bridgehead atoms. The second-order valence-corrected chi connectivity index (χ2v) is 5.36. The summed E-state index contributed by atoms with van der Waals surface area (Å²) in [5, 5.41) is 14.3. The van der Waals surface area contributed by atoms with Crippen molar-refractivity contribution in [2.24, 2.45) is 0 Å². The van der Waals surface area contributed by atoms with E-state index in [2.05, 4.69) is 20.4 Å². The fraction of sp³-hybridized carbons (Fsp3) is 0.0588. The second kappa shape index (κ2) is 6.10. The third-order valence-electron chi connectivity index (χ3n) is 3.61. The lowest BCUT2D eigenvalue weighted by Gasteiger charge is -2.08. The topological polar surface area (TPSA) is 65.2 Å². The van der Waals surface area contributed by atoms with Gasteiger partial charge < -0.3 is 4.74 Å². The van der Waals surface area contributed by atoms with E-state index in [1.807, 2.05) is 0 Å². The average molecular weight is 357 g/mol. The first-order valence-corrected chi connectivity index (χ1v) is 7.49. The summed E-state index contributed by atoms with van der Waals surface area (Å²) >= 11 is 0. The largest absolute Gasteiger partial charge is 0.452 e. The number of hydrogen-bond donors (Lipinski definition) is 0. The van der Waals surface area contributed by atoms with Crippen LogP contribution in [-0.4, -0.2) is 24.8 Å². The zero-order valence-corrected chi connectivity index (χ0v) is 13.1. The van der Waals surface area contributed by atoms with Crippen LogP contribution in [0.3, 0.4) is 0 Å². The first kappa shape index (κ1) is 16.0. The van der Waals surface area contributed by atoms with Gasteiger partial charge in [0.25, 0.3) is 0 Å². The molecule has 0 N–H and O–H groups in total. The third kappa shape index (κ3) is 3.06. The lowest BCUT2D eigenvalue weighted by atomic mass is 10.1. The zero-order chi connectivity index (χ0) is 18.1. The SMILES string of the molecule is FC(F)(F)c1nnc2ccc(-c3ccc(Oc4cccnn4)cc3)cn12. The van der Waals surface area contributed by atoms with Crippen LogP contribution in [0, 0.1) is 0 Å². The van der Waals surface area contributed by atoms with Crippen molar-refractivity contribution in [2.75, 3.05) is 0 Å². The van der Waals surface area contributed by atoms with E-state index < -0.39 is 12.0 Å². The number of aromatic nitrogens is 5. The Bertz CT molecular complexity index is 1050. The molecule has 0 atom stereocenters. The van der Waals surface area contributed by atoms with Gasteiger partial charge in [-0.15, -0.1) is 15.3 Å². The maximum atomic E-state index is 13.0. The predicted octanol–water partition coefficient (Wildman–Crippen LogP) is 4.00. The third-order valence-corrected chi connectivity index (χ3v) is 3.61. The van der Waals surface area contributed by atoms with E-state index in [4.69, 9.17) is 4.74 Å². The molecule has 1 aromatic carbocycles. The number of hydrogen-bond acceptors (Lipinski definition) is 5. The van der Waals surface area contributed by atoms with Gasteiger partial charge in [0, 0.05) is 18.5 Å². The Labute approximate surface area is 144 Å². The van der Waals surface area contributed by atoms with Gasteiger partial charge in [0.2, 0.25) is 11.7 Å². The van der Waals surface area contributed by atoms with Crippen LogP contribution in [0.4, 0.5) is 13.2 Å². The predicted molar refractivity (Wildman–Crippen MR) is 85.5 cm³/mol. The van der Waals surface area contributed by atoms with Crippen LogP contribution in [0.1, 0.15) is 5.82 Å². The molecule has 4 aromatic rings. The molecule has 0 aliphatic heterocycles. The monoisotopic (exact) mass is 357 g/mol. The Hall–Kier alpha value is -3.49. The number of alkyl halides is 3. The molecule has 3 aromatic heterocycles. The van der Waals surface area contributed by atoms with Crippen molar-refractivity contribution in [3.63, 3.8) is 0 Å². The Morgan fingerprint density at radius 3 is 2.31 bits per heavy atom. The van der Waals surface area contributed by atoms with Crippen LogP contribution in [0.2, 0.25) is 0 Å². The molecule has 6 nitrogen and oxygen atoms in total. The summed E-state index contributed by atoms with van der Waals surface area (Å²) in [5.74, 6) is -0.173. The van der Waals surface area contributed by atoms with E-state index in [1.54, 1.807) is 42.5 Å². The van der Waals surface area contributed by atoms with Gasteiger partial charge in [-0.1, -0.05) is 12.1 Å². The maximum Gasteiger partial charge on any atom is 0.452 e. The number of fused-ring (bicyclic) bond motifs is 1. The molecule has 3 heterocycles. The highest BCUT2D eigenvalue weighted by Gasteiger charge is 2.36. The summed E-state index contributed by atoms with van der Waals surface area (Å²) in [4.78, 5) is 0. The summed E-state index contributed by atoms with van der Waals surface area (Å²) in [6.45, 7) is 0. The molecule has 0 fully saturated rings. The summed E-state index contributed by atoms with van der Waals surface area (Å²) < 4.78 is 45.5. The van der Waals surface area contributed by atoms with E-state index in [0.29, 0.717) is 17.2 Å². The van der Waals surface area contributed by atoms with Crippen molar-refractivity contribution in [1.29, 1.82) is 0 Å². The van der Waals surface area contributed by atoms with Gasteiger partial charge in [0.1, 0.15) is 5.75 Å². The number of pyridine rings is 1. The highest BCUT2D eigenvalue weighted by Crippen LogP contribution is 2.30. The Morgan fingerprint density at radius 2 is 1.62 bits per heavy atom. The van der Waals surface area contributed by atoms with Crippen LogP contribution in [-0.2, 0) is 6.18 Å². The quantitative estimate of drug-likeness (QED) is 0.555. The molecular weight excluding hydrogens is 347 g/mol. The minimum Gasteiger partial charge on any atom is -0.438 e. The minimum atomic E-state index is -4.58. The van der Waals surface area contributed by atoms with Crippen molar-refractivity contribution in [3.8, 4) is 22.8 Å². The van der Waals surface area contributed by atoms with E-state index in [0.717, 1.165) is 9.96 Å². The molecule has 0 saturated heterocycles. The summed E-state index contributed by atoms with van der Waals surface area (Å²) in [5.41, 5.74) is 1.44. The van der Waals surface area contributed by atoms with Crippen LogP contribution in [0.25, 0.3) is 16.8 Å². The van der Waals surface area contributed by atoms with E-state index >= 15 is 0 Å². The van der Waals surface area contributed by atoms with Gasteiger partial charge >= 0.3 is 6.18 Å². The molecule has 0 unspecified atom stereocenters. The normalized spacial score (nSPS) is 11.7. The molecule has 130 valence electrons. The first-order chi connectivity index (χ1) is 12.5. The molecule has 0 aliphatic carbocycles. The molecule has 0 spiro atoms. The fourth-order valence-corrected chi connectivity index (χ4v) is 2.43. The Balaban J connectivity index is 1.65. The van der Waals surface area contributed by atoms with Crippen molar-refractivity contribution < 1.29 is 17.9 Å². The molecule has 0 saturated carbocycles. The van der Waals surface area contributed by atoms with Crippen LogP contribution in [0.15, 0.2) is 60.9 Å². The van der Waals surface area contributed by atoms with Crippen LogP contribution in [0.5, 0.6) is 11.6 Å². The van der Waals surface area contributed by atoms with Crippen molar-refractivity contribution in [3.05, 3.63) is 66.7 Å². The summed E-state index contributed by atoms with van der Waals surface area (Å²) in [6.07, 6.45) is -1.69. The number of rotatable bonds is 3. The maximum absolute atomic E-state index is 13.0. The zero-order valence-electron chi connectivity index (χ0n) is 13.1. The van der Waals surface area contributed by atoms with Gasteiger partial charge in [-0.25, -0.2) is 0 Å².